The smallest absolute Gasteiger partial charge is 0.310 e. The Balaban J connectivity index is 2.32. The van der Waals surface area contributed by atoms with Crippen LogP contribution in [-0.4, -0.2) is 12.6 Å². The average Bonchev–Trinajstić information content (AvgIpc) is 2.30. The van der Waals surface area contributed by atoms with Crippen LogP contribution in [0.4, 0.5) is 0 Å². The molecule has 0 saturated heterocycles. The van der Waals surface area contributed by atoms with Crippen molar-refractivity contribution in [2.75, 3.05) is 6.61 Å². The van der Waals surface area contributed by atoms with Gasteiger partial charge in [0.15, 0.2) is 0 Å². The number of benzene rings is 1. The van der Waals surface area contributed by atoms with Gasteiger partial charge in [-0.25, -0.2) is 0 Å². The highest BCUT2D eigenvalue weighted by atomic mass is 32.1. The van der Waals surface area contributed by atoms with E-state index in [9.17, 15) is 4.79 Å². The summed E-state index contributed by atoms with van der Waals surface area (Å²) in [6.07, 6.45) is 2.57. The van der Waals surface area contributed by atoms with Gasteiger partial charge >= 0.3 is 5.97 Å². The maximum absolute atomic E-state index is 11.6. The topological polar surface area (TPSA) is 26.3 Å². The van der Waals surface area contributed by atoms with E-state index in [4.69, 9.17) is 4.74 Å². The molecule has 0 N–H and O–H groups in total. The molecule has 94 valence electrons. The zero-order valence-electron chi connectivity index (χ0n) is 10.5. The van der Waals surface area contributed by atoms with Crippen LogP contribution in [0.2, 0.25) is 0 Å². The molecule has 0 aliphatic rings. The zero-order chi connectivity index (χ0) is 12.7. The molecule has 1 unspecified atom stereocenters. The van der Waals surface area contributed by atoms with E-state index in [1.807, 2.05) is 24.3 Å². The van der Waals surface area contributed by atoms with Gasteiger partial charge in [0.05, 0.1) is 13.0 Å². The monoisotopic (exact) mass is 252 g/mol. The molecule has 17 heavy (non-hydrogen) atoms. The van der Waals surface area contributed by atoms with Gasteiger partial charge in [0.2, 0.25) is 0 Å². The van der Waals surface area contributed by atoms with Crippen LogP contribution in [-0.2, 0) is 16.0 Å². The number of thiol groups is 1. The van der Waals surface area contributed by atoms with Crippen molar-refractivity contribution in [3.8, 4) is 0 Å². The highest BCUT2D eigenvalue weighted by Gasteiger charge is 2.07. The third-order valence-corrected chi connectivity index (χ3v) is 2.89. The van der Waals surface area contributed by atoms with Crippen molar-refractivity contribution in [3.63, 3.8) is 0 Å². The van der Waals surface area contributed by atoms with Crippen LogP contribution in [0.5, 0.6) is 0 Å². The maximum Gasteiger partial charge on any atom is 0.310 e. The lowest BCUT2D eigenvalue weighted by molar-refractivity contribution is -0.144. The van der Waals surface area contributed by atoms with Gasteiger partial charge in [-0.05, 0) is 30.0 Å². The third-order valence-electron chi connectivity index (χ3n) is 2.60. The van der Waals surface area contributed by atoms with E-state index in [0.29, 0.717) is 18.9 Å². The van der Waals surface area contributed by atoms with E-state index in [1.165, 1.54) is 0 Å². The second kappa shape index (κ2) is 7.38. The highest BCUT2D eigenvalue weighted by molar-refractivity contribution is 7.80. The Bertz CT molecular complexity index is 346. The lowest BCUT2D eigenvalue weighted by atomic mass is 10.1. The van der Waals surface area contributed by atoms with Crippen LogP contribution in [0.25, 0.3) is 0 Å². The number of rotatable bonds is 6. The van der Waals surface area contributed by atoms with Crippen LogP contribution in [0.15, 0.2) is 29.2 Å². The summed E-state index contributed by atoms with van der Waals surface area (Å²) in [4.78, 5) is 12.5. The van der Waals surface area contributed by atoms with Crippen molar-refractivity contribution >= 4 is 18.6 Å². The molecule has 0 aliphatic carbocycles. The maximum atomic E-state index is 11.6. The summed E-state index contributed by atoms with van der Waals surface area (Å²) < 4.78 is 5.23. The standard InChI is InChI=1S/C14H20O2S/c1-3-4-11(2)10-16-14(15)9-12-5-7-13(17)8-6-12/h5-8,11,17H,3-4,9-10H2,1-2H3. The van der Waals surface area contributed by atoms with Crippen LogP contribution >= 0.6 is 12.6 Å². The highest BCUT2D eigenvalue weighted by Crippen LogP contribution is 2.10. The molecular formula is C14H20O2S. The lowest BCUT2D eigenvalue weighted by Gasteiger charge is -2.10. The van der Waals surface area contributed by atoms with E-state index in [1.54, 1.807) is 0 Å². The van der Waals surface area contributed by atoms with E-state index in [0.717, 1.165) is 23.3 Å². The number of carbonyl (C=O) groups is 1. The Kier molecular flexibility index (Phi) is 6.12. The Morgan fingerprint density at radius 3 is 2.59 bits per heavy atom. The molecule has 0 spiro atoms. The van der Waals surface area contributed by atoms with Gasteiger partial charge in [-0.2, -0.15) is 0 Å². The molecule has 0 radical (unpaired) electrons. The minimum absolute atomic E-state index is 0.153. The van der Waals surface area contributed by atoms with Gasteiger partial charge in [0.25, 0.3) is 0 Å². The second-order valence-electron chi connectivity index (χ2n) is 4.42. The fourth-order valence-corrected chi connectivity index (χ4v) is 1.79. The first-order valence-corrected chi connectivity index (χ1v) is 6.50. The van der Waals surface area contributed by atoms with Crippen molar-refractivity contribution < 1.29 is 9.53 Å². The van der Waals surface area contributed by atoms with Crippen LogP contribution in [0.3, 0.4) is 0 Å². The molecule has 0 bridgehead atoms. The molecule has 3 heteroatoms. The van der Waals surface area contributed by atoms with Gasteiger partial charge in [-0.15, -0.1) is 12.6 Å². The van der Waals surface area contributed by atoms with Crippen molar-refractivity contribution in [2.24, 2.45) is 5.92 Å². The number of carbonyl (C=O) groups excluding carboxylic acids is 1. The summed E-state index contributed by atoms with van der Waals surface area (Å²) in [6, 6.07) is 7.56. The summed E-state index contributed by atoms with van der Waals surface area (Å²) in [5, 5.41) is 0. The van der Waals surface area contributed by atoms with Gasteiger partial charge in [0, 0.05) is 4.90 Å². The summed E-state index contributed by atoms with van der Waals surface area (Å²) in [5.74, 6) is 0.295. The molecule has 1 aromatic carbocycles. The second-order valence-corrected chi connectivity index (χ2v) is 4.94. The van der Waals surface area contributed by atoms with Gasteiger partial charge in [0.1, 0.15) is 0 Å². The summed E-state index contributed by atoms with van der Waals surface area (Å²) in [7, 11) is 0. The van der Waals surface area contributed by atoms with Crippen molar-refractivity contribution in [2.45, 2.75) is 38.0 Å². The molecule has 0 saturated carbocycles. The molecule has 1 atom stereocenters. The van der Waals surface area contributed by atoms with Gasteiger partial charge in [-0.1, -0.05) is 32.4 Å². The molecule has 0 amide bonds. The largest absolute Gasteiger partial charge is 0.465 e. The third kappa shape index (κ3) is 5.78. The first kappa shape index (κ1) is 14.1. The van der Waals surface area contributed by atoms with E-state index >= 15 is 0 Å². The number of hydrogen-bond acceptors (Lipinski definition) is 3. The normalized spacial score (nSPS) is 12.2. The molecule has 2 nitrogen and oxygen atoms in total. The molecule has 0 heterocycles. The van der Waals surface area contributed by atoms with Crippen LogP contribution in [0, 0.1) is 5.92 Å². The molecule has 0 aliphatic heterocycles. The summed E-state index contributed by atoms with van der Waals surface area (Å²) in [6.45, 7) is 4.77. The fourth-order valence-electron chi connectivity index (χ4n) is 1.64. The van der Waals surface area contributed by atoms with Crippen molar-refractivity contribution in [1.29, 1.82) is 0 Å². The number of ether oxygens (including phenoxy) is 1. The minimum Gasteiger partial charge on any atom is -0.465 e. The molecule has 1 aromatic rings. The van der Waals surface area contributed by atoms with E-state index < -0.39 is 0 Å². The van der Waals surface area contributed by atoms with Gasteiger partial charge < -0.3 is 4.74 Å². The SMILES string of the molecule is CCCC(C)COC(=O)Cc1ccc(S)cc1. The zero-order valence-corrected chi connectivity index (χ0v) is 11.4. The average molecular weight is 252 g/mol. The van der Waals surface area contributed by atoms with Crippen molar-refractivity contribution in [1.82, 2.24) is 0 Å². The van der Waals surface area contributed by atoms with Gasteiger partial charge in [-0.3, -0.25) is 4.79 Å². The first-order chi connectivity index (χ1) is 8.11. The van der Waals surface area contributed by atoms with Crippen molar-refractivity contribution in [3.05, 3.63) is 29.8 Å². The Labute approximate surface area is 109 Å². The number of esters is 1. The predicted molar refractivity (Wildman–Crippen MR) is 72.4 cm³/mol. The van der Waals surface area contributed by atoms with E-state index in [-0.39, 0.29) is 5.97 Å². The molecule has 0 aromatic heterocycles. The Morgan fingerprint density at radius 2 is 2.00 bits per heavy atom. The van der Waals surface area contributed by atoms with E-state index in [2.05, 4.69) is 26.5 Å². The quantitative estimate of drug-likeness (QED) is 0.619. The summed E-state index contributed by atoms with van der Waals surface area (Å²) in [5.41, 5.74) is 0.968. The molecule has 1 rings (SSSR count). The Morgan fingerprint density at radius 1 is 1.35 bits per heavy atom. The minimum atomic E-state index is -0.153. The summed E-state index contributed by atoms with van der Waals surface area (Å²) >= 11 is 4.20. The fraction of sp³-hybridized carbons (Fsp3) is 0.500. The molecule has 0 fully saturated rings. The number of hydrogen-bond donors (Lipinski definition) is 1. The molecular weight excluding hydrogens is 232 g/mol. The first-order valence-electron chi connectivity index (χ1n) is 6.05. The Hall–Kier alpha value is -0.960. The van der Waals surface area contributed by atoms with Crippen LogP contribution < -0.4 is 0 Å². The lowest BCUT2D eigenvalue weighted by Crippen LogP contribution is -2.13. The van der Waals surface area contributed by atoms with Crippen LogP contribution in [0.1, 0.15) is 32.3 Å². The predicted octanol–water partition coefficient (Wildman–Crippen LogP) is 3.50.